The predicted octanol–water partition coefficient (Wildman–Crippen LogP) is 3.46. The van der Waals surface area contributed by atoms with Crippen molar-refractivity contribution in [1.82, 2.24) is 10.9 Å². The van der Waals surface area contributed by atoms with Crippen LogP contribution in [0.3, 0.4) is 0 Å². The van der Waals surface area contributed by atoms with Crippen LogP contribution in [0.15, 0.2) is 42.5 Å². The second kappa shape index (κ2) is 9.05. The van der Waals surface area contributed by atoms with Crippen LogP contribution in [0.25, 0.3) is 0 Å². The summed E-state index contributed by atoms with van der Waals surface area (Å²) in [6.07, 6.45) is 0. The lowest BCUT2D eigenvalue weighted by molar-refractivity contribution is 0.0943. The lowest BCUT2D eigenvalue weighted by Gasteiger charge is -2.13. The van der Waals surface area contributed by atoms with Crippen LogP contribution in [-0.2, 0) is 0 Å². The summed E-state index contributed by atoms with van der Waals surface area (Å²) in [4.78, 5) is 12.3. The van der Waals surface area contributed by atoms with Gasteiger partial charge in [-0.25, -0.2) is 0 Å². The number of hydrogen-bond acceptors (Lipinski definition) is 4. The van der Waals surface area contributed by atoms with E-state index in [4.69, 9.17) is 21.7 Å². The third kappa shape index (κ3) is 5.35. The standard InChI is InChI=1S/C19H23N3O3S/c1-12(2)13-5-7-15(8-6-13)20-19(26)22-21-18(23)14-9-16(24-3)11-17(10-14)25-4/h5-12H,1-4H3,(H,21,23)(H2,20,22,26). The van der Waals surface area contributed by atoms with E-state index in [1.54, 1.807) is 18.2 Å². The van der Waals surface area contributed by atoms with Crippen molar-refractivity contribution in [3.05, 3.63) is 53.6 Å². The van der Waals surface area contributed by atoms with E-state index < -0.39 is 0 Å². The molecule has 0 bridgehead atoms. The quantitative estimate of drug-likeness (QED) is 0.551. The molecule has 0 radical (unpaired) electrons. The van der Waals surface area contributed by atoms with E-state index in [9.17, 15) is 4.79 Å². The maximum absolute atomic E-state index is 12.3. The van der Waals surface area contributed by atoms with Crippen LogP contribution in [0.5, 0.6) is 11.5 Å². The highest BCUT2D eigenvalue weighted by molar-refractivity contribution is 7.80. The minimum absolute atomic E-state index is 0.283. The Kier molecular flexibility index (Phi) is 6.80. The molecule has 26 heavy (non-hydrogen) atoms. The zero-order chi connectivity index (χ0) is 19.1. The van der Waals surface area contributed by atoms with Gasteiger partial charge in [-0.3, -0.25) is 15.6 Å². The summed E-state index contributed by atoms with van der Waals surface area (Å²) >= 11 is 5.20. The molecule has 3 N–H and O–H groups in total. The molecule has 1 amide bonds. The topological polar surface area (TPSA) is 71.6 Å². The number of hydrazine groups is 1. The van der Waals surface area contributed by atoms with Gasteiger partial charge in [0.2, 0.25) is 0 Å². The van der Waals surface area contributed by atoms with Crippen LogP contribution >= 0.6 is 12.2 Å². The molecule has 0 saturated carbocycles. The Bertz CT molecular complexity index is 754. The largest absolute Gasteiger partial charge is 0.497 e. The van der Waals surface area contributed by atoms with Crippen molar-refractivity contribution in [2.24, 2.45) is 0 Å². The van der Waals surface area contributed by atoms with Gasteiger partial charge < -0.3 is 14.8 Å². The van der Waals surface area contributed by atoms with Crippen LogP contribution in [0.1, 0.15) is 35.7 Å². The second-order valence-corrected chi connectivity index (χ2v) is 6.32. The molecule has 2 rings (SSSR count). The van der Waals surface area contributed by atoms with Gasteiger partial charge in [-0.05, 0) is 48.0 Å². The first-order valence-corrected chi connectivity index (χ1v) is 8.54. The summed E-state index contributed by atoms with van der Waals surface area (Å²) in [5.41, 5.74) is 7.70. The summed E-state index contributed by atoms with van der Waals surface area (Å²) in [6.45, 7) is 4.27. The number of carbonyl (C=O) groups excluding carboxylic acids is 1. The van der Waals surface area contributed by atoms with Crippen molar-refractivity contribution >= 4 is 28.9 Å². The zero-order valence-corrected chi connectivity index (χ0v) is 16.1. The molecular weight excluding hydrogens is 350 g/mol. The molecule has 0 atom stereocenters. The fraction of sp³-hybridized carbons (Fsp3) is 0.263. The highest BCUT2D eigenvalue weighted by Gasteiger charge is 2.10. The molecule has 0 fully saturated rings. The van der Waals surface area contributed by atoms with Gasteiger partial charge in [0.05, 0.1) is 14.2 Å². The van der Waals surface area contributed by atoms with E-state index in [1.807, 2.05) is 24.3 Å². The molecule has 0 aliphatic rings. The first kappa shape index (κ1) is 19.5. The predicted molar refractivity (Wildman–Crippen MR) is 107 cm³/mol. The Labute approximate surface area is 158 Å². The fourth-order valence-corrected chi connectivity index (χ4v) is 2.41. The summed E-state index contributed by atoms with van der Waals surface area (Å²) in [7, 11) is 3.05. The van der Waals surface area contributed by atoms with Gasteiger partial charge in [0, 0.05) is 17.3 Å². The van der Waals surface area contributed by atoms with Crippen LogP contribution in [0, 0.1) is 0 Å². The average Bonchev–Trinajstić information content (AvgIpc) is 2.65. The Hall–Kier alpha value is -2.80. The monoisotopic (exact) mass is 373 g/mol. The van der Waals surface area contributed by atoms with Gasteiger partial charge in [0.25, 0.3) is 5.91 Å². The number of thiocarbonyl (C=S) groups is 1. The molecule has 0 aliphatic carbocycles. The number of hydrogen-bond donors (Lipinski definition) is 3. The fourth-order valence-electron chi connectivity index (χ4n) is 2.24. The number of methoxy groups -OCH3 is 2. The Morgan fingerprint density at radius 2 is 1.54 bits per heavy atom. The van der Waals surface area contributed by atoms with E-state index in [1.165, 1.54) is 19.8 Å². The van der Waals surface area contributed by atoms with E-state index >= 15 is 0 Å². The van der Waals surface area contributed by atoms with Crippen LogP contribution in [0.2, 0.25) is 0 Å². The normalized spacial score (nSPS) is 10.2. The summed E-state index contributed by atoms with van der Waals surface area (Å²) < 4.78 is 10.3. The van der Waals surface area contributed by atoms with Crippen molar-refractivity contribution in [2.75, 3.05) is 19.5 Å². The summed E-state index contributed by atoms with van der Waals surface area (Å²) in [6, 6.07) is 12.9. The Balaban J connectivity index is 1.93. The van der Waals surface area contributed by atoms with Gasteiger partial charge in [-0.1, -0.05) is 26.0 Å². The molecule has 0 aromatic heterocycles. The van der Waals surface area contributed by atoms with Gasteiger partial charge in [-0.15, -0.1) is 0 Å². The minimum atomic E-state index is -0.360. The maximum atomic E-state index is 12.3. The molecule has 2 aromatic rings. The average molecular weight is 373 g/mol. The van der Waals surface area contributed by atoms with Crippen molar-refractivity contribution in [3.63, 3.8) is 0 Å². The van der Waals surface area contributed by atoms with Gasteiger partial charge in [0.15, 0.2) is 5.11 Å². The van der Waals surface area contributed by atoms with Gasteiger partial charge >= 0.3 is 0 Å². The molecule has 0 saturated heterocycles. The number of rotatable bonds is 5. The number of nitrogens with one attached hydrogen (secondary N) is 3. The maximum Gasteiger partial charge on any atom is 0.269 e. The first-order chi connectivity index (χ1) is 12.4. The number of carbonyl (C=O) groups is 1. The zero-order valence-electron chi connectivity index (χ0n) is 15.3. The number of anilines is 1. The molecule has 2 aromatic carbocycles. The second-order valence-electron chi connectivity index (χ2n) is 5.91. The molecule has 7 heteroatoms. The number of ether oxygens (including phenoxy) is 2. The lowest BCUT2D eigenvalue weighted by atomic mass is 10.0. The smallest absolute Gasteiger partial charge is 0.269 e. The Morgan fingerprint density at radius 1 is 0.962 bits per heavy atom. The number of benzene rings is 2. The molecule has 0 aliphatic heterocycles. The first-order valence-electron chi connectivity index (χ1n) is 8.13. The number of amides is 1. The molecule has 0 unspecified atom stereocenters. The summed E-state index contributed by atoms with van der Waals surface area (Å²) in [5.74, 6) is 1.16. The minimum Gasteiger partial charge on any atom is -0.497 e. The van der Waals surface area contributed by atoms with E-state index in [2.05, 4.69) is 30.0 Å². The van der Waals surface area contributed by atoms with Crippen LogP contribution in [0.4, 0.5) is 5.69 Å². The molecule has 138 valence electrons. The van der Waals surface area contributed by atoms with Crippen molar-refractivity contribution < 1.29 is 14.3 Å². The molecule has 0 heterocycles. The summed E-state index contributed by atoms with van der Waals surface area (Å²) in [5, 5.41) is 3.30. The lowest BCUT2D eigenvalue weighted by Crippen LogP contribution is -2.43. The highest BCUT2D eigenvalue weighted by atomic mass is 32.1. The third-order valence-electron chi connectivity index (χ3n) is 3.74. The van der Waals surface area contributed by atoms with E-state index in [0.29, 0.717) is 23.0 Å². The Morgan fingerprint density at radius 3 is 2.04 bits per heavy atom. The highest BCUT2D eigenvalue weighted by Crippen LogP contribution is 2.22. The molecule has 0 spiro atoms. The van der Waals surface area contributed by atoms with Gasteiger partial charge in [-0.2, -0.15) is 0 Å². The van der Waals surface area contributed by atoms with Crippen LogP contribution < -0.4 is 25.6 Å². The third-order valence-corrected chi connectivity index (χ3v) is 3.94. The van der Waals surface area contributed by atoms with E-state index in [0.717, 1.165) is 5.69 Å². The van der Waals surface area contributed by atoms with Crippen molar-refractivity contribution in [1.29, 1.82) is 0 Å². The van der Waals surface area contributed by atoms with Gasteiger partial charge in [0.1, 0.15) is 11.5 Å². The molecule has 6 nitrogen and oxygen atoms in total. The SMILES string of the molecule is COc1cc(OC)cc(C(=O)NNC(=S)Nc2ccc(C(C)C)cc2)c1. The van der Waals surface area contributed by atoms with Crippen LogP contribution in [-0.4, -0.2) is 25.2 Å². The van der Waals surface area contributed by atoms with Crippen molar-refractivity contribution in [2.45, 2.75) is 19.8 Å². The van der Waals surface area contributed by atoms with E-state index in [-0.39, 0.29) is 11.0 Å². The van der Waals surface area contributed by atoms with Crippen molar-refractivity contribution in [3.8, 4) is 11.5 Å². The molecular formula is C19H23N3O3S.